The van der Waals surface area contributed by atoms with Gasteiger partial charge in [0.1, 0.15) is 11.9 Å². The van der Waals surface area contributed by atoms with Gasteiger partial charge in [-0.15, -0.1) is 0 Å². The summed E-state index contributed by atoms with van der Waals surface area (Å²) in [6, 6.07) is 12.8. The number of alkyl halides is 3. The molecule has 0 radical (unpaired) electrons. The summed E-state index contributed by atoms with van der Waals surface area (Å²) in [4.78, 5) is 23.0. The quantitative estimate of drug-likeness (QED) is 0.323. The minimum atomic E-state index is -4.78. The van der Waals surface area contributed by atoms with Crippen LogP contribution in [0.15, 0.2) is 67.0 Å². The first-order valence-corrected chi connectivity index (χ1v) is 11.1. The maximum absolute atomic E-state index is 14.3. The molecular formula is C25H23F3N6O3. The number of carboxylic acid groups (broad SMARTS) is 1. The van der Waals surface area contributed by atoms with E-state index in [1.54, 1.807) is 49.5 Å². The van der Waals surface area contributed by atoms with Crippen molar-refractivity contribution < 1.29 is 27.8 Å². The topological polar surface area (TPSA) is 142 Å². The summed E-state index contributed by atoms with van der Waals surface area (Å²) < 4.78 is 49.8. The van der Waals surface area contributed by atoms with E-state index in [2.05, 4.69) is 15.0 Å². The van der Waals surface area contributed by atoms with Gasteiger partial charge in [-0.2, -0.15) is 18.2 Å². The molecule has 0 aliphatic carbocycles. The molecule has 9 nitrogen and oxygen atoms in total. The Morgan fingerprint density at radius 3 is 2.46 bits per heavy atom. The van der Waals surface area contributed by atoms with Crippen molar-refractivity contribution in [3.8, 4) is 22.8 Å². The summed E-state index contributed by atoms with van der Waals surface area (Å²) in [5.74, 6) is -1.25. The van der Waals surface area contributed by atoms with Gasteiger partial charge in [0.2, 0.25) is 17.9 Å². The number of rotatable bonds is 8. The number of carbonyl (C=O) groups is 1. The number of benzene rings is 2. The van der Waals surface area contributed by atoms with Crippen LogP contribution in [0.3, 0.4) is 0 Å². The van der Waals surface area contributed by atoms with Gasteiger partial charge >= 0.3 is 12.1 Å². The Morgan fingerprint density at radius 2 is 1.84 bits per heavy atom. The first-order valence-electron chi connectivity index (χ1n) is 11.1. The van der Waals surface area contributed by atoms with Crippen molar-refractivity contribution in [3.05, 3.63) is 83.9 Å². The molecule has 0 fully saturated rings. The lowest BCUT2D eigenvalue weighted by atomic mass is 10.0. The Hall–Kier alpha value is -4.45. The van der Waals surface area contributed by atoms with Gasteiger partial charge in [-0.25, -0.2) is 9.97 Å². The Balaban J connectivity index is 1.67. The second-order valence-electron chi connectivity index (χ2n) is 8.24. The number of hydrogen-bond donors (Lipinski definition) is 3. The third-order valence-corrected chi connectivity index (χ3v) is 5.58. The number of nitrogens with two attached hydrogens (primary N) is 2. The zero-order valence-corrected chi connectivity index (χ0v) is 19.6. The number of aromatic nitrogens is 4. The summed E-state index contributed by atoms with van der Waals surface area (Å²) in [6.45, 7) is 1.68. The van der Waals surface area contributed by atoms with E-state index in [0.29, 0.717) is 17.0 Å². The highest BCUT2D eigenvalue weighted by atomic mass is 19.4. The van der Waals surface area contributed by atoms with E-state index in [1.165, 1.54) is 29.0 Å². The highest BCUT2D eigenvalue weighted by Crippen LogP contribution is 2.39. The van der Waals surface area contributed by atoms with Crippen molar-refractivity contribution in [2.24, 2.45) is 5.73 Å². The minimum Gasteiger partial charge on any atom is -0.480 e. The molecule has 2 heterocycles. The second kappa shape index (κ2) is 10.3. The average Bonchev–Trinajstić information content (AvgIpc) is 3.27. The van der Waals surface area contributed by atoms with Gasteiger partial charge in [-0.05, 0) is 25.0 Å². The second-order valence-corrected chi connectivity index (χ2v) is 8.24. The first kappa shape index (κ1) is 25.6. The molecule has 0 saturated heterocycles. The number of hydrogen-bond acceptors (Lipinski definition) is 7. The predicted octanol–water partition coefficient (Wildman–Crippen LogP) is 3.86. The zero-order chi connectivity index (χ0) is 26.7. The van der Waals surface area contributed by atoms with Gasteiger partial charge in [-0.1, -0.05) is 42.5 Å². The van der Waals surface area contributed by atoms with E-state index < -0.39 is 24.3 Å². The molecule has 37 heavy (non-hydrogen) atoms. The molecule has 0 saturated carbocycles. The third kappa shape index (κ3) is 5.86. The third-order valence-electron chi connectivity index (χ3n) is 5.58. The van der Waals surface area contributed by atoms with Crippen LogP contribution in [0, 0.1) is 6.92 Å². The lowest BCUT2D eigenvalue weighted by Crippen LogP contribution is -2.32. The number of halogens is 3. The first-order chi connectivity index (χ1) is 17.5. The number of imidazole rings is 1. The van der Waals surface area contributed by atoms with Crippen molar-refractivity contribution in [2.45, 2.75) is 31.7 Å². The maximum atomic E-state index is 14.3. The summed E-state index contributed by atoms with van der Waals surface area (Å²) in [6.07, 6.45) is -3.97. The zero-order valence-electron chi connectivity index (χ0n) is 19.6. The molecule has 4 rings (SSSR count). The Bertz CT molecular complexity index is 1410. The molecule has 2 aromatic heterocycles. The van der Waals surface area contributed by atoms with E-state index >= 15 is 0 Å². The molecule has 12 heteroatoms. The molecule has 2 aromatic carbocycles. The number of carboxylic acids is 1. The maximum Gasteiger partial charge on any atom is 0.429 e. The smallest absolute Gasteiger partial charge is 0.429 e. The summed E-state index contributed by atoms with van der Waals surface area (Å²) in [5, 5.41) is 8.98. The van der Waals surface area contributed by atoms with Crippen LogP contribution in [-0.2, 0) is 11.2 Å². The van der Waals surface area contributed by atoms with Crippen LogP contribution in [0.5, 0.6) is 5.88 Å². The standard InChI is InChI=1S/C25H23F3N6O3/c1-14-31-10-11-34(14)20-5-3-2-4-17(20)22(25(26,27)28)37-21-13-19(32-24(30)33-21)16-8-6-15(7-9-16)12-18(29)23(35)36/h2-11,13,18,22H,12,29H2,1H3,(H,35,36)(H2,30,32,33)/t18-,22?/m0/s1. The van der Waals surface area contributed by atoms with Crippen LogP contribution in [0.1, 0.15) is 23.1 Å². The summed E-state index contributed by atoms with van der Waals surface area (Å²) in [5.41, 5.74) is 12.9. The van der Waals surface area contributed by atoms with Crippen LogP contribution < -0.4 is 16.2 Å². The molecule has 1 unspecified atom stereocenters. The number of anilines is 1. The molecule has 2 atom stereocenters. The fraction of sp³-hybridized carbons (Fsp3) is 0.200. The van der Waals surface area contributed by atoms with Crippen molar-refractivity contribution in [3.63, 3.8) is 0 Å². The van der Waals surface area contributed by atoms with E-state index in [0.717, 1.165) is 0 Å². The number of nitrogens with zero attached hydrogens (tertiary/aromatic N) is 4. The van der Waals surface area contributed by atoms with Crippen molar-refractivity contribution in [1.82, 2.24) is 19.5 Å². The molecule has 0 amide bonds. The van der Waals surface area contributed by atoms with Crippen molar-refractivity contribution in [1.29, 1.82) is 0 Å². The molecule has 0 aliphatic rings. The fourth-order valence-corrected chi connectivity index (χ4v) is 3.79. The number of ether oxygens (including phenoxy) is 1. The average molecular weight is 512 g/mol. The van der Waals surface area contributed by atoms with E-state index in [-0.39, 0.29) is 35.2 Å². The number of nitrogen functional groups attached to an aromatic ring is 1. The van der Waals surface area contributed by atoms with Gasteiger partial charge < -0.3 is 25.9 Å². The highest BCUT2D eigenvalue weighted by molar-refractivity contribution is 5.73. The van der Waals surface area contributed by atoms with Gasteiger partial charge in [0.15, 0.2) is 0 Å². The van der Waals surface area contributed by atoms with Crippen LogP contribution in [-0.4, -0.2) is 42.8 Å². The Morgan fingerprint density at radius 1 is 1.14 bits per heavy atom. The fourth-order valence-electron chi connectivity index (χ4n) is 3.79. The van der Waals surface area contributed by atoms with Gasteiger partial charge in [0.25, 0.3) is 0 Å². The number of aliphatic carboxylic acids is 1. The van der Waals surface area contributed by atoms with Gasteiger partial charge in [0, 0.05) is 29.6 Å². The molecule has 5 N–H and O–H groups in total. The Kier molecular flexibility index (Phi) is 7.11. The normalized spacial score (nSPS) is 13.2. The van der Waals surface area contributed by atoms with E-state index in [4.69, 9.17) is 21.3 Å². The van der Waals surface area contributed by atoms with Crippen LogP contribution in [0.2, 0.25) is 0 Å². The van der Waals surface area contributed by atoms with Gasteiger partial charge in [0.05, 0.1) is 11.4 Å². The predicted molar refractivity (Wildman–Crippen MR) is 129 cm³/mol. The largest absolute Gasteiger partial charge is 0.480 e. The summed E-state index contributed by atoms with van der Waals surface area (Å²) in [7, 11) is 0. The molecule has 192 valence electrons. The summed E-state index contributed by atoms with van der Waals surface area (Å²) >= 11 is 0. The molecule has 4 aromatic rings. The molecule has 0 aliphatic heterocycles. The lowest BCUT2D eigenvalue weighted by Gasteiger charge is -2.24. The van der Waals surface area contributed by atoms with Crippen molar-refractivity contribution in [2.75, 3.05) is 5.73 Å². The number of para-hydroxylation sites is 1. The van der Waals surface area contributed by atoms with Crippen LogP contribution in [0.25, 0.3) is 16.9 Å². The molecule has 0 bridgehead atoms. The highest BCUT2D eigenvalue weighted by Gasteiger charge is 2.45. The minimum absolute atomic E-state index is 0.110. The monoisotopic (exact) mass is 512 g/mol. The SMILES string of the molecule is Cc1nccn1-c1ccccc1C(Oc1cc(-c2ccc(C[C@H](N)C(=O)O)cc2)nc(N)n1)C(F)(F)F. The van der Waals surface area contributed by atoms with E-state index in [9.17, 15) is 18.0 Å². The number of aryl methyl sites for hydroxylation is 1. The van der Waals surface area contributed by atoms with Crippen molar-refractivity contribution >= 4 is 11.9 Å². The van der Waals surface area contributed by atoms with Crippen LogP contribution >= 0.6 is 0 Å². The van der Waals surface area contributed by atoms with Gasteiger partial charge in [-0.3, -0.25) is 4.79 Å². The lowest BCUT2D eigenvalue weighted by molar-refractivity contribution is -0.198. The van der Waals surface area contributed by atoms with E-state index in [1.807, 2.05) is 0 Å². The van der Waals surface area contributed by atoms with Crippen LogP contribution in [0.4, 0.5) is 19.1 Å². The Labute approximate surface area is 209 Å². The molecular weight excluding hydrogens is 489 g/mol. The molecule has 0 spiro atoms.